The Balaban J connectivity index is 1.61. The minimum absolute atomic E-state index is 0.116. The second-order valence-electron chi connectivity index (χ2n) is 7.47. The van der Waals surface area contributed by atoms with Gasteiger partial charge in [0.25, 0.3) is 5.91 Å². The molecule has 0 aliphatic carbocycles. The number of hydrogen-bond acceptors (Lipinski definition) is 4. The fourth-order valence-electron chi connectivity index (χ4n) is 3.75. The maximum Gasteiger partial charge on any atom is 0.257 e. The maximum absolute atomic E-state index is 13.6. The quantitative estimate of drug-likeness (QED) is 0.569. The van der Waals surface area contributed by atoms with Crippen LogP contribution in [0.25, 0.3) is 5.69 Å². The minimum Gasteiger partial charge on any atom is -0.367 e. The van der Waals surface area contributed by atoms with E-state index in [0.29, 0.717) is 12.1 Å². The largest absolute Gasteiger partial charge is 0.367 e. The van der Waals surface area contributed by atoms with Crippen LogP contribution < -0.4 is 0 Å². The Labute approximate surface area is 182 Å². The summed E-state index contributed by atoms with van der Waals surface area (Å²) in [5, 5.41) is 1.19. The Morgan fingerprint density at radius 1 is 1.06 bits per heavy atom. The molecule has 0 fully saturated rings. The van der Waals surface area contributed by atoms with Crippen LogP contribution in [0.3, 0.4) is 0 Å². The van der Waals surface area contributed by atoms with E-state index >= 15 is 0 Å². The SMILES string of the molecule is COC(C(=O)N(Cc1ccccc1)C1C=CS(=O)(=O)C1)c1ccc(-n2cccc2)cc1. The molecule has 2 unspecified atom stereocenters. The first-order valence-electron chi connectivity index (χ1n) is 9.98. The zero-order valence-corrected chi connectivity index (χ0v) is 18.0. The third kappa shape index (κ3) is 4.78. The van der Waals surface area contributed by atoms with Crippen LogP contribution in [0.2, 0.25) is 0 Å². The van der Waals surface area contributed by atoms with E-state index < -0.39 is 22.0 Å². The lowest BCUT2D eigenvalue weighted by Gasteiger charge is -2.31. The van der Waals surface area contributed by atoms with Crippen molar-refractivity contribution in [2.24, 2.45) is 0 Å². The van der Waals surface area contributed by atoms with Gasteiger partial charge in [-0.3, -0.25) is 4.79 Å². The minimum atomic E-state index is -3.31. The lowest BCUT2D eigenvalue weighted by Crippen LogP contribution is -2.43. The standard InChI is InChI=1S/C24H24N2O4S/c1-30-23(20-9-11-21(12-10-20)25-14-5-6-15-25)24(27)26(17-19-7-3-2-4-8-19)22-13-16-31(28,29)18-22/h2-16,22-23H,17-18H2,1H3. The first-order chi connectivity index (χ1) is 15.0. The summed E-state index contributed by atoms with van der Waals surface area (Å²) in [5.41, 5.74) is 2.61. The van der Waals surface area contributed by atoms with Crippen molar-refractivity contribution < 1.29 is 17.9 Å². The molecule has 3 aromatic rings. The monoisotopic (exact) mass is 436 g/mol. The number of nitrogens with zero attached hydrogens (tertiary/aromatic N) is 2. The molecular formula is C24H24N2O4S. The van der Waals surface area contributed by atoms with Crippen LogP contribution in [0, 0.1) is 0 Å². The Morgan fingerprint density at radius 3 is 2.32 bits per heavy atom. The van der Waals surface area contributed by atoms with Gasteiger partial charge in [0, 0.05) is 37.1 Å². The first-order valence-corrected chi connectivity index (χ1v) is 11.7. The average Bonchev–Trinajstić information content (AvgIpc) is 3.43. The van der Waals surface area contributed by atoms with Crippen LogP contribution in [0.4, 0.5) is 0 Å². The molecule has 1 amide bonds. The predicted octanol–water partition coefficient (Wildman–Crippen LogP) is 3.50. The van der Waals surface area contributed by atoms with Crippen molar-refractivity contribution in [2.75, 3.05) is 12.9 Å². The summed E-state index contributed by atoms with van der Waals surface area (Å²) in [7, 11) is -1.82. The molecule has 0 bridgehead atoms. The average molecular weight is 437 g/mol. The fraction of sp³-hybridized carbons (Fsp3) is 0.208. The molecule has 7 heteroatoms. The lowest BCUT2D eigenvalue weighted by atomic mass is 10.1. The van der Waals surface area contributed by atoms with Crippen molar-refractivity contribution in [3.63, 3.8) is 0 Å². The van der Waals surface area contributed by atoms with E-state index in [9.17, 15) is 13.2 Å². The molecule has 2 aromatic carbocycles. The van der Waals surface area contributed by atoms with Crippen molar-refractivity contribution >= 4 is 15.7 Å². The normalized spacial score (nSPS) is 18.0. The van der Waals surface area contributed by atoms with Crippen LogP contribution in [0.5, 0.6) is 0 Å². The summed E-state index contributed by atoms with van der Waals surface area (Å²) in [5.74, 6) is -0.388. The van der Waals surface area contributed by atoms with Gasteiger partial charge in [-0.15, -0.1) is 0 Å². The molecule has 0 radical (unpaired) electrons. The van der Waals surface area contributed by atoms with E-state index in [1.807, 2.05) is 83.7 Å². The second-order valence-corrected chi connectivity index (χ2v) is 9.41. The van der Waals surface area contributed by atoms with E-state index in [0.717, 1.165) is 11.3 Å². The number of amides is 1. The van der Waals surface area contributed by atoms with Gasteiger partial charge in [0.15, 0.2) is 15.9 Å². The third-order valence-corrected chi connectivity index (χ3v) is 6.73. The van der Waals surface area contributed by atoms with Gasteiger partial charge in [0.2, 0.25) is 0 Å². The van der Waals surface area contributed by atoms with Gasteiger partial charge in [0.1, 0.15) is 0 Å². The molecular weight excluding hydrogens is 412 g/mol. The van der Waals surface area contributed by atoms with Crippen LogP contribution in [0.15, 0.2) is 90.6 Å². The zero-order valence-electron chi connectivity index (χ0n) is 17.2. The number of rotatable bonds is 7. The number of sulfone groups is 1. The molecule has 0 N–H and O–H groups in total. The van der Waals surface area contributed by atoms with Crippen molar-refractivity contribution in [3.8, 4) is 5.69 Å². The van der Waals surface area contributed by atoms with E-state index in [2.05, 4.69) is 0 Å². The smallest absolute Gasteiger partial charge is 0.257 e. The van der Waals surface area contributed by atoms with Gasteiger partial charge in [-0.05, 0) is 41.5 Å². The number of carbonyl (C=O) groups is 1. The van der Waals surface area contributed by atoms with Gasteiger partial charge in [0.05, 0.1) is 11.8 Å². The highest BCUT2D eigenvalue weighted by Gasteiger charge is 2.34. The Kier molecular flexibility index (Phi) is 6.06. The number of carbonyl (C=O) groups excluding carboxylic acids is 1. The molecule has 0 saturated heterocycles. The van der Waals surface area contributed by atoms with Crippen molar-refractivity contribution in [1.82, 2.24) is 9.47 Å². The topological polar surface area (TPSA) is 68.6 Å². The number of ether oxygens (including phenoxy) is 1. The van der Waals surface area contributed by atoms with Crippen molar-refractivity contribution in [2.45, 2.75) is 18.7 Å². The van der Waals surface area contributed by atoms with Crippen LogP contribution in [-0.2, 0) is 25.9 Å². The highest BCUT2D eigenvalue weighted by atomic mass is 32.2. The van der Waals surface area contributed by atoms with Crippen LogP contribution in [-0.4, -0.2) is 42.7 Å². The summed E-state index contributed by atoms with van der Waals surface area (Å²) in [4.78, 5) is 15.1. The van der Waals surface area contributed by atoms with Crippen LogP contribution in [0.1, 0.15) is 17.2 Å². The molecule has 0 spiro atoms. The molecule has 6 nitrogen and oxygen atoms in total. The van der Waals surface area contributed by atoms with Gasteiger partial charge in [-0.25, -0.2) is 8.42 Å². The number of hydrogen-bond donors (Lipinski definition) is 0. The van der Waals surface area contributed by atoms with Gasteiger partial charge < -0.3 is 14.2 Å². The summed E-state index contributed by atoms with van der Waals surface area (Å²) in [6.07, 6.45) is 4.64. The molecule has 4 rings (SSSR count). The van der Waals surface area contributed by atoms with E-state index in [1.165, 1.54) is 12.5 Å². The molecule has 1 aliphatic rings. The summed E-state index contributed by atoms with van der Waals surface area (Å²) < 4.78 is 31.6. The Bertz CT molecular complexity index is 1150. The van der Waals surface area contributed by atoms with E-state index in [-0.39, 0.29) is 11.7 Å². The molecule has 1 aromatic heterocycles. The lowest BCUT2D eigenvalue weighted by molar-refractivity contribution is -0.144. The van der Waals surface area contributed by atoms with Crippen molar-refractivity contribution in [3.05, 3.63) is 102 Å². The number of aromatic nitrogens is 1. The maximum atomic E-state index is 13.6. The Hall–Kier alpha value is -3.16. The van der Waals surface area contributed by atoms with E-state index in [4.69, 9.17) is 4.74 Å². The Morgan fingerprint density at radius 2 is 1.74 bits per heavy atom. The van der Waals surface area contributed by atoms with Gasteiger partial charge in [-0.2, -0.15) is 0 Å². The summed E-state index contributed by atoms with van der Waals surface area (Å²) in [6, 6.07) is 20.5. The highest BCUT2D eigenvalue weighted by Crippen LogP contribution is 2.26. The molecule has 160 valence electrons. The number of benzene rings is 2. The highest BCUT2D eigenvalue weighted by molar-refractivity contribution is 7.94. The van der Waals surface area contributed by atoms with Crippen LogP contribution >= 0.6 is 0 Å². The molecule has 2 heterocycles. The fourth-order valence-corrected chi connectivity index (χ4v) is 5.05. The first kappa shape index (κ1) is 21.1. The summed E-state index contributed by atoms with van der Waals surface area (Å²) in [6.45, 7) is 0.297. The van der Waals surface area contributed by atoms with E-state index in [1.54, 1.807) is 11.0 Å². The molecule has 0 saturated carbocycles. The predicted molar refractivity (Wildman–Crippen MR) is 119 cm³/mol. The zero-order chi connectivity index (χ0) is 21.8. The third-order valence-electron chi connectivity index (χ3n) is 5.35. The summed E-state index contributed by atoms with van der Waals surface area (Å²) >= 11 is 0. The second kappa shape index (κ2) is 8.91. The molecule has 31 heavy (non-hydrogen) atoms. The van der Waals surface area contributed by atoms with Crippen molar-refractivity contribution in [1.29, 1.82) is 0 Å². The molecule has 1 aliphatic heterocycles. The molecule has 2 atom stereocenters. The number of methoxy groups -OCH3 is 1. The van der Waals surface area contributed by atoms with Gasteiger partial charge in [-0.1, -0.05) is 42.5 Å². The van der Waals surface area contributed by atoms with Gasteiger partial charge >= 0.3 is 0 Å².